The molecule has 2 aromatic heterocycles. The first-order valence-electron chi connectivity index (χ1n) is 3.61. The van der Waals surface area contributed by atoms with Gasteiger partial charge in [-0.2, -0.15) is 0 Å². The lowest BCUT2D eigenvalue weighted by atomic mass is 10.3. The van der Waals surface area contributed by atoms with Crippen molar-refractivity contribution in [1.82, 2.24) is 9.55 Å². The smallest absolute Gasteiger partial charge is 0.177 e. The van der Waals surface area contributed by atoms with Crippen LogP contribution in [0.15, 0.2) is 32.1 Å². The quantitative estimate of drug-likeness (QED) is 0.810. The Morgan fingerprint density at radius 1 is 1.38 bits per heavy atom. The average Bonchev–Trinajstić information content (AvgIpc) is 2.62. The third-order valence-corrected chi connectivity index (χ3v) is 2.92. The van der Waals surface area contributed by atoms with Crippen molar-refractivity contribution < 1.29 is 4.42 Å². The molecule has 0 atom stereocenters. The maximum atomic E-state index is 5.40. The highest BCUT2D eigenvalue weighted by Gasteiger charge is 2.09. The molecule has 5 heteroatoms. The van der Waals surface area contributed by atoms with Crippen LogP contribution in [0.3, 0.4) is 0 Å². The lowest BCUT2D eigenvalue weighted by molar-refractivity contribution is 0.550. The van der Waals surface area contributed by atoms with Gasteiger partial charge in [0.1, 0.15) is 5.69 Å². The van der Waals surface area contributed by atoms with E-state index < -0.39 is 0 Å². The normalized spacial score (nSPS) is 10.7. The van der Waals surface area contributed by atoms with Gasteiger partial charge in [0.15, 0.2) is 15.2 Å². The van der Waals surface area contributed by atoms with E-state index in [1.165, 1.54) is 0 Å². The summed E-state index contributed by atoms with van der Waals surface area (Å²) in [5, 5.41) is 0. The largest absolute Gasteiger partial charge is 0.448 e. The Bertz CT molecular complexity index is 433. The fourth-order valence-electron chi connectivity index (χ4n) is 1.07. The SMILES string of the molecule is Cn1c(-c2ccc(Br)o2)cnc1Br. The molecule has 0 aliphatic carbocycles. The minimum atomic E-state index is 0.722. The Labute approximate surface area is 92.0 Å². The Morgan fingerprint density at radius 2 is 2.15 bits per heavy atom. The first kappa shape index (κ1) is 9.02. The highest BCUT2D eigenvalue weighted by atomic mass is 79.9. The number of aromatic nitrogens is 2. The first-order chi connectivity index (χ1) is 6.18. The number of halogens is 2. The summed E-state index contributed by atoms with van der Waals surface area (Å²) >= 11 is 6.57. The van der Waals surface area contributed by atoms with Crippen LogP contribution in [0.1, 0.15) is 0 Å². The molecule has 3 nitrogen and oxygen atoms in total. The highest BCUT2D eigenvalue weighted by molar-refractivity contribution is 9.10. The van der Waals surface area contributed by atoms with Crippen molar-refractivity contribution in [1.29, 1.82) is 0 Å². The zero-order valence-corrected chi connectivity index (χ0v) is 9.96. The lowest BCUT2D eigenvalue weighted by Crippen LogP contribution is -1.89. The molecule has 0 spiro atoms. The van der Waals surface area contributed by atoms with Gasteiger partial charge in [0.25, 0.3) is 0 Å². The van der Waals surface area contributed by atoms with Gasteiger partial charge < -0.3 is 8.98 Å². The second-order valence-corrected chi connectivity index (χ2v) is 4.07. The van der Waals surface area contributed by atoms with E-state index in [4.69, 9.17) is 4.42 Å². The van der Waals surface area contributed by atoms with E-state index in [9.17, 15) is 0 Å². The predicted octanol–water partition coefficient (Wildman–Crippen LogP) is 3.21. The molecule has 0 fully saturated rings. The number of nitrogens with zero attached hydrogens (tertiary/aromatic N) is 2. The standard InChI is InChI=1S/C8H6Br2N2O/c1-12-5(4-11-8(12)10)6-2-3-7(9)13-6/h2-4H,1H3. The molecular weight excluding hydrogens is 300 g/mol. The van der Waals surface area contributed by atoms with Crippen molar-refractivity contribution in [3.8, 4) is 11.5 Å². The van der Waals surface area contributed by atoms with Gasteiger partial charge in [-0.25, -0.2) is 4.98 Å². The summed E-state index contributed by atoms with van der Waals surface area (Å²) in [6.45, 7) is 0. The third kappa shape index (κ3) is 1.58. The van der Waals surface area contributed by atoms with Crippen LogP contribution in [0.2, 0.25) is 0 Å². The summed E-state index contributed by atoms with van der Waals surface area (Å²) in [5.41, 5.74) is 0.942. The van der Waals surface area contributed by atoms with Crippen molar-refractivity contribution in [2.45, 2.75) is 0 Å². The van der Waals surface area contributed by atoms with Crippen LogP contribution in [0, 0.1) is 0 Å². The molecule has 0 N–H and O–H groups in total. The van der Waals surface area contributed by atoms with Crippen LogP contribution in [0.5, 0.6) is 0 Å². The van der Waals surface area contributed by atoms with Crippen LogP contribution in [0.4, 0.5) is 0 Å². The number of imidazole rings is 1. The Morgan fingerprint density at radius 3 is 2.62 bits per heavy atom. The van der Waals surface area contributed by atoms with Gasteiger partial charge >= 0.3 is 0 Å². The zero-order chi connectivity index (χ0) is 9.42. The molecule has 68 valence electrons. The molecule has 0 saturated carbocycles. The molecular formula is C8H6Br2N2O. The summed E-state index contributed by atoms with van der Waals surface area (Å²) in [6, 6.07) is 3.75. The predicted molar refractivity (Wildman–Crippen MR) is 56.3 cm³/mol. The summed E-state index contributed by atoms with van der Waals surface area (Å²) in [7, 11) is 1.92. The maximum absolute atomic E-state index is 5.40. The molecule has 0 amide bonds. The van der Waals surface area contributed by atoms with Gasteiger partial charge in [-0.05, 0) is 44.0 Å². The second kappa shape index (κ2) is 3.31. The molecule has 0 saturated heterocycles. The van der Waals surface area contributed by atoms with Gasteiger partial charge in [-0.3, -0.25) is 0 Å². The van der Waals surface area contributed by atoms with E-state index >= 15 is 0 Å². The Balaban J connectivity index is 2.52. The van der Waals surface area contributed by atoms with Crippen molar-refractivity contribution in [3.63, 3.8) is 0 Å². The van der Waals surface area contributed by atoms with Crippen LogP contribution >= 0.6 is 31.9 Å². The monoisotopic (exact) mass is 304 g/mol. The van der Waals surface area contributed by atoms with Crippen LogP contribution in [-0.2, 0) is 7.05 Å². The summed E-state index contributed by atoms with van der Waals surface area (Å²) < 4.78 is 8.82. The van der Waals surface area contributed by atoms with Gasteiger partial charge in [0.2, 0.25) is 0 Å². The lowest BCUT2D eigenvalue weighted by Gasteiger charge is -1.97. The van der Waals surface area contributed by atoms with Crippen LogP contribution in [0.25, 0.3) is 11.5 Å². The molecule has 0 radical (unpaired) electrons. The zero-order valence-electron chi connectivity index (χ0n) is 6.79. The van der Waals surface area contributed by atoms with Crippen molar-refractivity contribution in [2.24, 2.45) is 7.05 Å². The minimum Gasteiger partial charge on any atom is -0.448 e. The Kier molecular flexibility index (Phi) is 2.29. The van der Waals surface area contributed by atoms with E-state index in [0.717, 1.165) is 20.9 Å². The van der Waals surface area contributed by atoms with Crippen LogP contribution in [-0.4, -0.2) is 9.55 Å². The fourth-order valence-corrected chi connectivity index (χ4v) is 1.67. The van der Waals surface area contributed by atoms with Crippen molar-refractivity contribution in [2.75, 3.05) is 0 Å². The third-order valence-electron chi connectivity index (χ3n) is 1.76. The van der Waals surface area contributed by atoms with E-state index in [-0.39, 0.29) is 0 Å². The van der Waals surface area contributed by atoms with Crippen LogP contribution < -0.4 is 0 Å². The molecule has 0 bridgehead atoms. The topological polar surface area (TPSA) is 31.0 Å². The average molecular weight is 306 g/mol. The summed E-state index contributed by atoms with van der Waals surface area (Å²) in [4.78, 5) is 4.11. The number of hydrogen-bond donors (Lipinski definition) is 0. The van der Waals surface area contributed by atoms with Crippen molar-refractivity contribution in [3.05, 3.63) is 27.7 Å². The molecule has 0 aliphatic heterocycles. The molecule has 2 rings (SSSR count). The van der Waals surface area contributed by atoms with Gasteiger partial charge in [0, 0.05) is 7.05 Å². The van der Waals surface area contributed by atoms with E-state index in [2.05, 4.69) is 36.8 Å². The number of rotatable bonds is 1. The molecule has 0 unspecified atom stereocenters. The first-order valence-corrected chi connectivity index (χ1v) is 5.20. The van der Waals surface area contributed by atoms with Gasteiger partial charge in [0.05, 0.1) is 6.20 Å². The summed E-state index contributed by atoms with van der Waals surface area (Å²) in [5.74, 6) is 0.799. The summed E-state index contributed by atoms with van der Waals surface area (Å²) in [6.07, 6.45) is 1.76. The molecule has 2 aromatic rings. The molecule has 13 heavy (non-hydrogen) atoms. The van der Waals surface area contributed by atoms with E-state index in [1.807, 2.05) is 23.7 Å². The van der Waals surface area contributed by atoms with E-state index in [0.29, 0.717) is 0 Å². The fraction of sp³-hybridized carbons (Fsp3) is 0.125. The van der Waals surface area contributed by atoms with Gasteiger partial charge in [-0.15, -0.1) is 0 Å². The Hall–Kier alpha value is -0.550. The molecule has 0 aromatic carbocycles. The molecule has 0 aliphatic rings. The number of hydrogen-bond acceptors (Lipinski definition) is 2. The molecule has 2 heterocycles. The minimum absolute atomic E-state index is 0.722. The number of furan rings is 1. The van der Waals surface area contributed by atoms with Crippen molar-refractivity contribution >= 4 is 31.9 Å². The van der Waals surface area contributed by atoms with E-state index in [1.54, 1.807) is 6.20 Å². The highest BCUT2D eigenvalue weighted by Crippen LogP contribution is 2.26. The maximum Gasteiger partial charge on any atom is 0.177 e. The second-order valence-electron chi connectivity index (χ2n) is 2.58. The van der Waals surface area contributed by atoms with Gasteiger partial charge in [-0.1, -0.05) is 0 Å².